The Bertz CT molecular complexity index is 1710. The molecule has 0 radical (unpaired) electrons. The molecule has 0 saturated heterocycles. The molecule has 46 heavy (non-hydrogen) atoms. The van der Waals surface area contributed by atoms with E-state index in [1.807, 2.05) is 37.3 Å². The molecule has 1 atom stereocenters. The van der Waals surface area contributed by atoms with Crippen molar-refractivity contribution in [2.45, 2.75) is 43.7 Å². The predicted octanol–water partition coefficient (Wildman–Crippen LogP) is 6.75. The summed E-state index contributed by atoms with van der Waals surface area (Å²) in [5.74, 6) is -0.388. The maximum atomic E-state index is 14.5. The van der Waals surface area contributed by atoms with Crippen molar-refractivity contribution in [3.63, 3.8) is 0 Å². The summed E-state index contributed by atoms with van der Waals surface area (Å²) in [7, 11) is -2.69. The molecule has 8 nitrogen and oxygen atoms in total. The average molecular weight is 683 g/mol. The number of amides is 2. The summed E-state index contributed by atoms with van der Waals surface area (Å²) >= 11 is 12.5. The highest BCUT2D eigenvalue weighted by Crippen LogP contribution is 2.28. The van der Waals surface area contributed by atoms with E-state index in [0.717, 1.165) is 22.7 Å². The normalized spacial score (nSPS) is 11.8. The van der Waals surface area contributed by atoms with Gasteiger partial charge in [-0.25, -0.2) is 8.42 Å². The molecular formula is C35H37Cl2N3O5S. The Labute approximate surface area is 280 Å². The molecule has 0 fully saturated rings. The molecular weight excluding hydrogens is 645 g/mol. The van der Waals surface area contributed by atoms with Crippen molar-refractivity contribution >= 4 is 50.7 Å². The lowest BCUT2D eigenvalue weighted by atomic mass is 10.0. The van der Waals surface area contributed by atoms with Gasteiger partial charge in [0.05, 0.1) is 27.7 Å². The van der Waals surface area contributed by atoms with Crippen molar-refractivity contribution in [1.82, 2.24) is 10.2 Å². The first-order valence-corrected chi connectivity index (χ1v) is 17.1. The number of nitrogens with zero attached hydrogens (tertiary/aromatic N) is 2. The summed E-state index contributed by atoms with van der Waals surface area (Å²) in [6, 6.07) is 27.7. The summed E-state index contributed by atoms with van der Waals surface area (Å²) in [5.41, 5.74) is 1.73. The van der Waals surface area contributed by atoms with Gasteiger partial charge in [0, 0.05) is 19.5 Å². The van der Waals surface area contributed by atoms with E-state index in [0.29, 0.717) is 27.9 Å². The summed E-state index contributed by atoms with van der Waals surface area (Å²) in [4.78, 5) is 29.8. The minimum absolute atomic E-state index is 0.0176. The van der Waals surface area contributed by atoms with Gasteiger partial charge >= 0.3 is 0 Å². The molecule has 0 saturated carbocycles. The number of carbonyl (C=O) groups excluding carboxylic acids is 2. The number of unbranched alkanes of at least 4 members (excludes halogenated alkanes) is 1. The molecule has 4 rings (SSSR count). The van der Waals surface area contributed by atoms with Crippen LogP contribution in [-0.2, 0) is 32.6 Å². The fourth-order valence-electron chi connectivity index (χ4n) is 4.89. The van der Waals surface area contributed by atoms with Gasteiger partial charge < -0.3 is 15.0 Å². The van der Waals surface area contributed by atoms with Gasteiger partial charge in [0.1, 0.15) is 18.3 Å². The van der Waals surface area contributed by atoms with Crippen LogP contribution in [0.3, 0.4) is 0 Å². The maximum Gasteiger partial charge on any atom is 0.264 e. The number of halogens is 2. The monoisotopic (exact) mass is 681 g/mol. The number of benzene rings is 4. The van der Waals surface area contributed by atoms with Gasteiger partial charge in [-0.2, -0.15) is 0 Å². The summed E-state index contributed by atoms with van der Waals surface area (Å²) in [6.45, 7) is 1.87. The topological polar surface area (TPSA) is 96.0 Å². The standard InChI is InChI=1S/C35H37Cl2N3O5S/c1-3-4-21-38-35(42)33(23-26-11-7-5-8-12-26)39(24-27-15-20-31(36)32(37)22-27)34(41)25-40(28-16-18-29(45-2)19-17-28)46(43,44)30-13-9-6-10-14-30/h5-20,22,33H,3-4,21,23-25H2,1-2H3,(H,38,42). The van der Waals surface area contributed by atoms with Gasteiger partial charge in [-0.1, -0.05) is 91.1 Å². The molecule has 4 aromatic carbocycles. The number of methoxy groups -OCH3 is 1. The first-order valence-electron chi connectivity index (χ1n) is 14.9. The minimum atomic E-state index is -4.20. The highest BCUT2D eigenvalue weighted by Gasteiger charge is 2.34. The largest absolute Gasteiger partial charge is 0.497 e. The van der Waals surface area contributed by atoms with E-state index in [1.54, 1.807) is 60.7 Å². The lowest BCUT2D eigenvalue weighted by molar-refractivity contribution is -0.140. The highest BCUT2D eigenvalue weighted by molar-refractivity contribution is 7.92. The first-order chi connectivity index (χ1) is 22.1. The molecule has 0 aliphatic rings. The van der Waals surface area contributed by atoms with Crippen molar-refractivity contribution < 1.29 is 22.7 Å². The number of anilines is 1. The number of carbonyl (C=O) groups is 2. The van der Waals surface area contributed by atoms with Crippen molar-refractivity contribution in [3.05, 3.63) is 124 Å². The molecule has 0 bridgehead atoms. The van der Waals surface area contributed by atoms with E-state index in [9.17, 15) is 18.0 Å². The number of hydrogen-bond acceptors (Lipinski definition) is 5. The third kappa shape index (κ3) is 9.02. The van der Waals surface area contributed by atoms with Crippen LogP contribution in [-0.4, -0.2) is 51.4 Å². The molecule has 0 aliphatic carbocycles. The number of hydrogen-bond donors (Lipinski definition) is 1. The second-order valence-electron chi connectivity index (χ2n) is 10.6. The maximum absolute atomic E-state index is 14.5. The minimum Gasteiger partial charge on any atom is -0.497 e. The van der Waals surface area contributed by atoms with Crippen LogP contribution in [0, 0.1) is 0 Å². The number of ether oxygens (including phenoxy) is 1. The van der Waals surface area contributed by atoms with E-state index >= 15 is 0 Å². The summed E-state index contributed by atoms with van der Waals surface area (Å²) < 4.78 is 34.5. The molecule has 1 N–H and O–H groups in total. The average Bonchev–Trinajstić information content (AvgIpc) is 3.07. The summed E-state index contributed by atoms with van der Waals surface area (Å²) in [5, 5.41) is 3.62. The zero-order valence-electron chi connectivity index (χ0n) is 25.7. The third-order valence-corrected chi connectivity index (χ3v) is 9.94. The molecule has 2 amide bonds. The molecule has 11 heteroatoms. The van der Waals surface area contributed by atoms with Crippen LogP contribution < -0.4 is 14.4 Å². The zero-order valence-corrected chi connectivity index (χ0v) is 28.1. The van der Waals surface area contributed by atoms with Gasteiger partial charge in [0.15, 0.2) is 0 Å². The van der Waals surface area contributed by atoms with Crippen molar-refractivity contribution in [3.8, 4) is 5.75 Å². The number of nitrogens with one attached hydrogen (secondary N) is 1. The van der Waals surface area contributed by atoms with E-state index < -0.39 is 28.5 Å². The lowest BCUT2D eigenvalue weighted by Gasteiger charge is -2.34. The van der Waals surface area contributed by atoms with Crippen molar-refractivity contribution in [2.24, 2.45) is 0 Å². The molecule has 1 unspecified atom stereocenters. The first kappa shape index (κ1) is 34.8. The van der Waals surface area contributed by atoms with E-state index in [2.05, 4.69) is 5.32 Å². The molecule has 4 aromatic rings. The van der Waals surface area contributed by atoms with Gasteiger partial charge in [-0.05, 0) is 66.1 Å². The van der Waals surface area contributed by atoms with Crippen LogP contribution in [0.1, 0.15) is 30.9 Å². The predicted molar refractivity (Wildman–Crippen MR) is 183 cm³/mol. The molecule has 0 spiro atoms. The number of rotatable bonds is 15. The smallest absolute Gasteiger partial charge is 0.264 e. The SMILES string of the molecule is CCCCNC(=O)C(Cc1ccccc1)N(Cc1ccc(Cl)c(Cl)c1)C(=O)CN(c1ccc(OC)cc1)S(=O)(=O)c1ccccc1. The van der Waals surface area contributed by atoms with Crippen molar-refractivity contribution in [2.75, 3.05) is 24.5 Å². The van der Waals surface area contributed by atoms with E-state index in [-0.39, 0.29) is 29.5 Å². The Morgan fingerprint density at radius 3 is 2.11 bits per heavy atom. The lowest BCUT2D eigenvalue weighted by Crippen LogP contribution is -2.53. The van der Waals surface area contributed by atoms with Crippen LogP contribution >= 0.6 is 23.2 Å². The van der Waals surface area contributed by atoms with E-state index in [4.69, 9.17) is 27.9 Å². The number of sulfonamides is 1. The Kier molecular flexibility index (Phi) is 12.5. The third-order valence-electron chi connectivity index (χ3n) is 7.41. The fraction of sp³-hybridized carbons (Fsp3) is 0.257. The van der Waals surface area contributed by atoms with Crippen molar-refractivity contribution in [1.29, 1.82) is 0 Å². The Morgan fingerprint density at radius 1 is 0.848 bits per heavy atom. The highest BCUT2D eigenvalue weighted by atomic mass is 35.5. The van der Waals surface area contributed by atoms with Crippen LogP contribution in [0.5, 0.6) is 5.75 Å². The van der Waals surface area contributed by atoms with Crippen LogP contribution in [0.25, 0.3) is 0 Å². The molecule has 242 valence electrons. The van der Waals surface area contributed by atoms with Crippen LogP contribution in [0.4, 0.5) is 5.69 Å². The second-order valence-corrected chi connectivity index (χ2v) is 13.3. The fourth-order valence-corrected chi connectivity index (χ4v) is 6.65. The Balaban J connectivity index is 1.79. The van der Waals surface area contributed by atoms with Crippen LogP contribution in [0.2, 0.25) is 10.0 Å². The van der Waals surface area contributed by atoms with E-state index in [1.165, 1.54) is 24.1 Å². The quantitative estimate of drug-likeness (QED) is 0.140. The van der Waals surface area contributed by atoms with Crippen LogP contribution in [0.15, 0.2) is 108 Å². The van der Waals surface area contributed by atoms with Gasteiger partial charge in [0.25, 0.3) is 10.0 Å². The van der Waals surface area contributed by atoms with Gasteiger partial charge in [0.2, 0.25) is 11.8 Å². The van der Waals surface area contributed by atoms with Gasteiger partial charge in [-0.15, -0.1) is 0 Å². The zero-order chi connectivity index (χ0) is 33.1. The van der Waals surface area contributed by atoms with Gasteiger partial charge in [-0.3, -0.25) is 13.9 Å². The summed E-state index contributed by atoms with van der Waals surface area (Å²) in [6.07, 6.45) is 1.86. The molecule has 0 heterocycles. The Morgan fingerprint density at radius 2 is 1.50 bits per heavy atom. The molecule has 0 aliphatic heterocycles. The molecule has 0 aromatic heterocycles. The Hall–Kier alpha value is -4.05. The second kappa shape index (κ2) is 16.5.